The quantitative estimate of drug-likeness (QED) is 0.872. The maximum atomic E-state index is 12.3. The van der Waals surface area contributed by atoms with Crippen molar-refractivity contribution in [3.8, 4) is 11.3 Å². The standard InChI is InChI=1S/C19H25N3O3/c1-19(2,3)25-15-8-16(21-10-15)18(23)22-9-13-4-6-14(7-5-13)17-11-20-12-24-17/h4-7,11-12,15-16,21H,8-10H2,1-3H3,(H,22,23)/t15-,16+/m1/s1. The average Bonchev–Trinajstić information content (AvgIpc) is 3.23. The number of carbonyl (C=O) groups excluding carboxylic acids is 1. The smallest absolute Gasteiger partial charge is 0.237 e. The van der Waals surface area contributed by atoms with E-state index in [0.29, 0.717) is 19.5 Å². The number of ether oxygens (including phenoxy) is 1. The third kappa shape index (κ3) is 4.90. The summed E-state index contributed by atoms with van der Waals surface area (Å²) in [5.74, 6) is 0.745. The lowest BCUT2D eigenvalue weighted by molar-refractivity contribution is -0.123. The topological polar surface area (TPSA) is 76.4 Å². The minimum absolute atomic E-state index is 0.0133. The molecule has 1 aromatic carbocycles. The molecule has 2 heterocycles. The number of nitrogens with one attached hydrogen (secondary N) is 2. The fourth-order valence-corrected chi connectivity index (χ4v) is 2.95. The summed E-state index contributed by atoms with van der Waals surface area (Å²) in [7, 11) is 0. The van der Waals surface area contributed by atoms with Crippen LogP contribution in [0.2, 0.25) is 0 Å². The van der Waals surface area contributed by atoms with Crippen molar-refractivity contribution in [3.05, 3.63) is 42.4 Å². The van der Waals surface area contributed by atoms with Gasteiger partial charge in [-0.05, 0) is 32.8 Å². The molecule has 0 radical (unpaired) electrons. The van der Waals surface area contributed by atoms with E-state index < -0.39 is 0 Å². The molecule has 0 spiro atoms. The maximum absolute atomic E-state index is 12.3. The van der Waals surface area contributed by atoms with E-state index in [2.05, 4.69) is 15.6 Å². The van der Waals surface area contributed by atoms with Crippen molar-refractivity contribution in [2.75, 3.05) is 6.54 Å². The molecule has 25 heavy (non-hydrogen) atoms. The number of rotatable bonds is 5. The zero-order valence-corrected chi connectivity index (χ0v) is 14.9. The molecule has 0 bridgehead atoms. The molecular formula is C19H25N3O3. The van der Waals surface area contributed by atoms with Gasteiger partial charge in [0, 0.05) is 18.7 Å². The van der Waals surface area contributed by atoms with Crippen molar-refractivity contribution < 1.29 is 13.9 Å². The Morgan fingerprint density at radius 1 is 1.36 bits per heavy atom. The van der Waals surface area contributed by atoms with Crippen LogP contribution in [0.3, 0.4) is 0 Å². The van der Waals surface area contributed by atoms with Gasteiger partial charge in [0.25, 0.3) is 0 Å². The normalized spacial score (nSPS) is 20.6. The Balaban J connectivity index is 1.48. The Morgan fingerprint density at radius 2 is 2.12 bits per heavy atom. The van der Waals surface area contributed by atoms with Gasteiger partial charge in [0.2, 0.25) is 5.91 Å². The zero-order chi connectivity index (χ0) is 17.9. The third-order valence-corrected chi connectivity index (χ3v) is 4.06. The van der Waals surface area contributed by atoms with Crippen molar-refractivity contribution in [2.24, 2.45) is 0 Å². The highest BCUT2D eigenvalue weighted by atomic mass is 16.5. The highest BCUT2D eigenvalue weighted by Gasteiger charge is 2.32. The first-order valence-corrected chi connectivity index (χ1v) is 8.57. The van der Waals surface area contributed by atoms with Gasteiger partial charge in [-0.25, -0.2) is 4.98 Å². The van der Waals surface area contributed by atoms with Gasteiger partial charge in [0.15, 0.2) is 12.2 Å². The van der Waals surface area contributed by atoms with Crippen LogP contribution in [0.25, 0.3) is 11.3 Å². The van der Waals surface area contributed by atoms with E-state index in [9.17, 15) is 4.79 Å². The van der Waals surface area contributed by atoms with Crippen LogP contribution in [-0.4, -0.2) is 35.2 Å². The van der Waals surface area contributed by atoms with Gasteiger partial charge in [-0.3, -0.25) is 4.79 Å². The minimum atomic E-state index is -0.194. The summed E-state index contributed by atoms with van der Waals surface area (Å²) in [4.78, 5) is 16.2. The van der Waals surface area contributed by atoms with E-state index in [1.54, 1.807) is 6.20 Å². The minimum Gasteiger partial charge on any atom is -0.444 e. The number of benzene rings is 1. The number of amides is 1. The largest absolute Gasteiger partial charge is 0.444 e. The van der Waals surface area contributed by atoms with Gasteiger partial charge in [0.1, 0.15) is 0 Å². The Bertz CT molecular complexity index is 690. The molecule has 1 aliphatic heterocycles. The molecule has 0 saturated carbocycles. The monoisotopic (exact) mass is 343 g/mol. The predicted molar refractivity (Wildman–Crippen MR) is 94.8 cm³/mol. The molecule has 3 rings (SSSR count). The molecule has 134 valence electrons. The first-order chi connectivity index (χ1) is 11.9. The summed E-state index contributed by atoms with van der Waals surface area (Å²) in [5.41, 5.74) is 1.81. The first-order valence-electron chi connectivity index (χ1n) is 8.57. The second kappa shape index (κ2) is 7.37. The lowest BCUT2D eigenvalue weighted by Crippen LogP contribution is -2.40. The van der Waals surface area contributed by atoms with Gasteiger partial charge < -0.3 is 19.8 Å². The Kier molecular flexibility index (Phi) is 5.20. The van der Waals surface area contributed by atoms with Crippen LogP contribution in [0, 0.1) is 0 Å². The van der Waals surface area contributed by atoms with Gasteiger partial charge in [-0.2, -0.15) is 0 Å². The van der Waals surface area contributed by atoms with Crippen LogP contribution < -0.4 is 10.6 Å². The molecule has 1 aliphatic rings. The molecule has 1 amide bonds. The maximum Gasteiger partial charge on any atom is 0.237 e. The number of hydrogen-bond acceptors (Lipinski definition) is 5. The van der Waals surface area contributed by atoms with Gasteiger partial charge in [-0.1, -0.05) is 24.3 Å². The SMILES string of the molecule is CC(C)(C)O[C@H]1CN[C@H](C(=O)NCc2ccc(-c3cnco3)cc2)C1. The van der Waals surface area contributed by atoms with Gasteiger partial charge in [-0.15, -0.1) is 0 Å². The Hall–Kier alpha value is -2.18. The van der Waals surface area contributed by atoms with E-state index in [1.807, 2.05) is 45.0 Å². The average molecular weight is 343 g/mol. The Labute approximate surface area is 148 Å². The summed E-state index contributed by atoms with van der Waals surface area (Å²) in [6, 6.07) is 7.68. The molecule has 6 nitrogen and oxygen atoms in total. The Morgan fingerprint density at radius 3 is 2.76 bits per heavy atom. The summed E-state index contributed by atoms with van der Waals surface area (Å²) < 4.78 is 11.2. The lowest BCUT2D eigenvalue weighted by atomic mass is 10.1. The van der Waals surface area contributed by atoms with Crippen LogP contribution >= 0.6 is 0 Å². The molecule has 0 aliphatic carbocycles. The van der Waals surface area contributed by atoms with E-state index >= 15 is 0 Å². The van der Waals surface area contributed by atoms with Crippen molar-refractivity contribution in [1.29, 1.82) is 0 Å². The summed E-state index contributed by atoms with van der Waals surface area (Å²) in [5, 5.41) is 6.22. The molecule has 1 aromatic heterocycles. The number of aromatic nitrogens is 1. The number of carbonyl (C=O) groups is 1. The molecule has 0 unspecified atom stereocenters. The lowest BCUT2D eigenvalue weighted by Gasteiger charge is -2.24. The third-order valence-electron chi connectivity index (χ3n) is 4.06. The molecule has 2 aromatic rings. The van der Waals surface area contributed by atoms with Crippen LogP contribution in [-0.2, 0) is 16.1 Å². The fraction of sp³-hybridized carbons (Fsp3) is 0.474. The summed E-state index contributed by atoms with van der Waals surface area (Å²) >= 11 is 0. The second-order valence-electron chi connectivity index (χ2n) is 7.33. The molecular weight excluding hydrogens is 318 g/mol. The fourth-order valence-electron chi connectivity index (χ4n) is 2.95. The van der Waals surface area contributed by atoms with E-state index in [0.717, 1.165) is 16.9 Å². The van der Waals surface area contributed by atoms with E-state index in [1.165, 1.54) is 6.39 Å². The highest BCUT2D eigenvalue weighted by Crippen LogP contribution is 2.20. The molecule has 6 heteroatoms. The first kappa shape index (κ1) is 17.6. The number of oxazole rings is 1. The molecule has 1 saturated heterocycles. The van der Waals surface area contributed by atoms with Gasteiger partial charge >= 0.3 is 0 Å². The van der Waals surface area contributed by atoms with Crippen molar-refractivity contribution in [2.45, 2.75) is 51.5 Å². The van der Waals surface area contributed by atoms with Crippen LogP contribution in [0.5, 0.6) is 0 Å². The summed E-state index contributed by atoms with van der Waals surface area (Å²) in [6.07, 6.45) is 3.87. The predicted octanol–water partition coefficient (Wildman–Crippen LogP) is 2.50. The molecule has 2 N–H and O–H groups in total. The molecule has 2 atom stereocenters. The van der Waals surface area contributed by atoms with Gasteiger partial charge in [0.05, 0.1) is 23.9 Å². The number of hydrogen-bond donors (Lipinski definition) is 2. The van der Waals surface area contributed by atoms with E-state index in [-0.39, 0.29) is 23.7 Å². The zero-order valence-electron chi connectivity index (χ0n) is 14.9. The van der Waals surface area contributed by atoms with Crippen LogP contribution in [0.4, 0.5) is 0 Å². The summed E-state index contributed by atoms with van der Waals surface area (Å²) in [6.45, 7) is 7.30. The molecule has 1 fully saturated rings. The van der Waals surface area contributed by atoms with Crippen molar-refractivity contribution >= 4 is 5.91 Å². The second-order valence-corrected chi connectivity index (χ2v) is 7.33. The highest BCUT2D eigenvalue weighted by molar-refractivity contribution is 5.82. The van der Waals surface area contributed by atoms with Crippen LogP contribution in [0.1, 0.15) is 32.8 Å². The number of nitrogens with zero attached hydrogens (tertiary/aromatic N) is 1. The van der Waals surface area contributed by atoms with Crippen molar-refractivity contribution in [1.82, 2.24) is 15.6 Å². The van der Waals surface area contributed by atoms with Crippen molar-refractivity contribution in [3.63, 3.8) is 0 Å². The van der Waals surface area contributed by atoms with E-state index in [4.69, 9.17) is 9.15 Å². The van der Waals surface area contributed by atoms with Crippen LogP contribution in [0.15, 0.2) is 41.3 Å².